The van der Waals surface area contributed by atoms with Crippen LogP contribution >= 0.6 is 23.2 Å². The molecule has 1 N–H and O–H groups in total. The van der Waals surface area contributed by atoms with E-state index in [4.69, 9.17) is 23.2 Å². The van der Waals surface area contributed by atoms with Crippen LogP contribution in [-0.2, 0) is 10.8 Å². The van der Waals surface area contributed by atoms with Crippen molar-refractivity contribution in [2.24, 2.45) is 0 Å². The van der Waals surface area contributed by atoms with Crippen molar-refractivity contribution >= 4 is 23.2 Å². The quantitative estimate of drug-likeness (QED) is 0.681. The van der Waals surface area contributed by atoms with E-state index in [0.717, 1.165) is 11.1 Å². The normalized spacial score (nSPS) is 12.9. The van der Waals surface area contributed by atoms with Crippen LogP contribution in [0.2, 0.25) is 10.0 Å². The molecule has 0 amide bonds. The number of hydrogen-bond donors (Lipinski definition) is 1. The van der Waals surface area contributed by atoms with E-state index in [1.807, 2.05) is 41.5 Å². The van der Waals surface area contributed by atoms with E-state index < -0.39 is 0 Å². The molecule has 1 rings (SSSR count). The fourth-order valence-corrected chi connectivity index (χ4v) is 2.50. The largest absolute Gasteiger partial charge is 0.507 e. The zero-order chi connectivity index (χ0) is 13.6. The van der Waals surface area contributed by atoms with Gasteiger partial charge < -0.3 is 5.11 Å². The second-order valence-corrected chi connectivity index (χ2v) is 7.23. The van der Waals surface area contributed by atoms with Gasteiger partial charge in [-0.2, -0.15) is 0 Å². The van der Waals surface area contributed by atoms with Gasteiger partial charge in [-0.05, 0) is 16.9 Å². The standard InChI is InChI=1S/C14H20Cl2O/c1-13(2,3)8-7-9(15)11(16)10(12(8)17)14(4,5)6/h7,17H,1-6H3. The fourth-order valence-electron chi connectivity index (χ4n) is 1.87. The molecule has 0 saturated heterocycles. The first-order chi connectivity index (χ1) is 7.46. The van der Waals surface area contributed by atoms with Crippen LogP contribution in [0.15, 0.2) is 6.07 Å². The summed E-state index contributed by atoms with van der Waals surface area (Å²) in [6, 6.07) is 1.76. The number of phenolic OH excluding ortho intramolecular Hbond substituents is 1. The maximum absolute atomic E-state index is 10.4. The van der Waals surface area contributed by atoms with Gasteiger partial charge in [0.15, 0.2) is 0 Å². The van der Waals surface area contributed by atoms with Gasteiger partial charge in [0.05, 0.1) is 10.0 Å². The Labute approximate surface area is 114 Å². The van der Waals surface area contributed by atoms with Crippen molar-refractivity contribution < 1.29 is 5.11 Å². The number of aromatic hydroxyl groups is 1. The van der Waals surface area contributed by atoms with Gasteiger partial charge in [-0.1, -0.05) is 64.7 Å². The Morgan fingerprint density at radius 2 is 1.41 bits per heavy atom. The third-order valence-electron chi connectivity index (χ3n) is 2.75. The molecule has 0 spiro atoms. The molecule has 0 bridgehead atoms. The minimum atomic E-state index is -0.244. The maximum Gasteiger partial charge on any atom is 0.124 e. The van der Waals surface area contributed by atoms with E-state index in [-0.39, 0.29) is 16.6 Å². The lowest BCUT2D eigenvalue weighted by Crippen LogP contribution is -2.17. The lowest BCUT2D eigenvalue weighted by Gasteiger charge is -2.28. The molecule has 1 nitrogen and oxygen atoms in total. The number of hydrogen-bond acceptors (Lipinski definition) is 1. The summed E-state index contributed by atoms with van der Waals surface area (Å²) in [4.78, 5) is 0. The molecule has 0 aliphatic carbocycles. The Balaban J connectivity index is 3.67. The van der Waals surface area contributed by atoms with Crippen LogP contribution in [0.4, 0.5) is 0 Å². The first-order valence-electron chi connectivity index (χ1n) is 5.68. The van der Waals surface area contributed by atoms with Crippen molar-refractivity contribution in [2.75, 3.05) is 0 Å². The van der Waals surface area contributed by atoms with Crippen molar-refractivity contribution in [3.8, 4) is 5.75 Å². The third-order valence-corrected chi connectivity index (χ3v) is 3.54. The van der Waals surface area contributed by atoms with E-state index in [2.05, 4.69) is 0 Å². The lowest BCUT2D eigenvalue weighted by atomic mass is 9.79. The first-order valence-corrected chi connectivity index (χ1v) is 6.43. The van der Waals surface area contributed by atoms with E-state index in [0.29, 0.717) is 10.0 Å². The summed E-state index contributed by atoms with van der Waals surface area (Å²) >= 11 is 12.4. The van der Waals surface area contributed by atoms with Crippen molar-refractivity contribution in [1.29, 1.82) is 0 Å². The minimum absolute atomic E-state index is 0.168. The molecular formula is C14H20Cl2O. The molecule has 0 saturated carbocycles. The maximum atomic E-state index is 10.4. The van der Waals surface area contributed by atoms with E-state index in [1.54, 1.807) is 6.07 Å². The lowest BCUT2D eigenvalue weighted by molar-refractivity contribution is 0.423. The topological polar surface area (TPSA) is 20.2 Å². The van der Waals surface area contributed by atoms with Gasteiger partial charge in [0, 0.05) is 11.1 Å². The van der Waals surface area contributed by atoms with Crippen molar-refractivity contribution in [2.45, 2.75) is 52.4 Å². The summed E-state index contributed by atoms with van der Waals surface area (Å²) in [6.07, 6.45) is 0. The molecule has 0 aliphatic heterocycles. The average molecular weight is 275 g/mol. The Morgan fingerprint density at radius 1 is 0.941 bits per heavy atom. The van der Waals surface area contributed by atoms with Gasteiger partial charge in [-0.25, -0.2) is 0 Å². The number of phenols is 1. The summed E-state index contributed by atoms with van der Waals surface area (Å²) in [5, 5.41) is 11.4. The van der Waals surface area contributed by atoms with Gasteiger partial charge in [-0.3, -0.25) is 0 Å². The van der Waals surface area contributed by atoms with Gasteiger partial charge in [0.1, 0.15) is 5.75 Å². The Bertz CT molecular complexity index is 437. The Morgan fingerprint density at radius 3 is 1.76 bits per heavy atom. The number of halogens is 2. The molecule has 0 heterocycles. The van der Waals surface area contributed by atoms with Crippen LogP contribution in [0.25, 0.3) is 0 Å². The van der Waals surface area contributed by atoms with E-state index in [9.17, 15) is 5.11 Å². The minimum Gasteiger partial charge on any atom is -0.507 e. The second-order valence-electron chi connectivity index (χ2n) is 6.44. The Kier molecular flexibility index (Phi) is 3.76. The molecule has 3 heteroatoms. The van der Waals surface area contributed by atoms with Crippen molar-refractivity contribution in [3.05, 3.63) is 27.2 Å². The predicted molar refractivity (Wildman–Crippen MR) is 75.5 cm³/mol. The van der Waals surface area contributed by atoms with Crippen molar-refractivity contribution in [1.82, 2.24) is 0 Å². The van der Waals surface area contributed by atoms with Crippen molar-refractivity contribution in [3.63, 3.8) is 0 Å². The zero-order valence-corrected chi connectivity index (χ0v) is 12.8. The third kappa shape index (κ3) is 2.89. The second kappa shape index (κ2) is 4.37. The van der Waals surface area contributed by atoms with Gasteiger partial charge in [0.2, 0.25) is 0 Å². The highest BCUT2D eigenvalue weighted by Gasteiger charge is 2.29. The molecular weight excluding hydrogens is 255 g/mol. The molecule has 0 aromatic heterocycles. The van der Waals surface area contributed by atoms with Gasteiger partial charge in [-0.15, -0.1) is 0 Å². The van der Waals surface area contributed by atoms with E-state index in [1.165, 1.54) is 0 Å². The van der Waals surface area contributed by atoms with Crippen LogP contribution in [0.3, 0.4) is 0 Å². The molecule has 1 aromatic carbocycles. The molecule has 0 radical (unpaired) electrons. The summed E-state index contributed by atoms with van der Waals surface area (Å²) in [7, 11) is 0. The summed E-state index contributed by atoms with van der Waals surface area (Å²) < 4.78 is 0. The monoisotopic (exact) mass is 274 g/mol. The summed E-state index contributed by atoms with van der Waals surface area (Å²) in [5.74, 6) is 0.263. The SMILES string of the molecule is CC(C)(C)c1cc(Cl)c(Cl)c(C(C)(C)C)c1O. The Hall–Kier alpha value is -0.400. The highest BCUT2D eigenvalue weighted by molar-refractivity contribution is 6.42. The molecule has 0 aliphatic rings. The fraction of sp³-hybridized carbons (Fsp3) is 0.571. The highest BCUT2D eigenvalue weighted by atomic mass is 35.5. The smallest absolute Gasteiger partial charge is 0.124 e. The first kappa shape index (κ1) is 14.7. The van der Waals surface area contributed by atoms with Crippen LogP contribution in [-0.4, -0.2) is 5.11 Å². The highest BCUT2D eigenvalue weighted by Crippen LogP contribution is 2.45. The van der Waals surface area contributed by atoms with E-state index >= 15 is 0 Å². The molecule has 0 unspecified atom stereocenters. The predicted octanol–water partition coefficient (Wildman–Crippen LogP) is 5.29. The molecule has 0 atom stereocenters. The number of benzene rings is 1. The molecule has 96 valence electrons. The summed E-state index contributed by atoms with van der Waals surface area (Å²) in [6.45, 7) is 12.2. The summed E-state index contributed by atoms with van der Waals surface area (Å²) in [5.41, 5.74) is 1.14. The van der Waals surface area contributed by atoms with Crippen LogP contribution in [0.5, 0.6) is 5.75 Å². The molecule has 0 fully saturated rings. The van der Waals surface area contributed by atoms with Crippen LogP contribution in [0.1, 0.15) is 52.7 Å². The zero-order valence-electron chi connectivity index (χ0n) is 11.3. The van der Waals surface area contributed by atoms with Crippen LogP contribution in [0, 0.1) is 0 Å². The average Bonchev–Trinajstić information content (AvgIpc) is 2.07. The molecule has 1 aromatic rings. The van der Waals surface area contributed by atoms with Gasteiger partial charge >= 0.3 is 0 Å². The van der Waals surface area contributed by atoms with Crippen LogP contribution < -0.4 is 0 Å². The van der Waals surface area contributed by atoms with Gasteiger partial charge in [0.25, 0.3) is 0 Å². The number of rotatable bonds is 0. The molecule has 17 heavy (non-hydrogen) atoms.